The first-order chi connectivity index (χ1) is 11.1. The number of anilines is 1. The number of hydrogen-bond acceptors (Lipinski definition) is 4. The highest BCUT2D eigenvalue weighted by Gasteiger charge is 2.12. The number of rotatable bonds is 4. The van der Waals surface area contributed by atoms with Crippen LogP contribution in [0.15, 0.2) is 47.4 Å². The van der Waals surface area contributed by atoms with Gasteiger partial charge in [-0.3, -0.25) is 4.79 Å². The van der Waals surface area contributed by atoms with E-state index in [2.05, 4.69) is 15.6 Å². The van der Waals surface area contributed by atoms with Gasteiger partial charge in [-0.25, -0.2) is 4.68 Å². The highest BCUT2D eigenvalue weighted by atomic mass is 32.2. The van der Waals surface area contributed by atoms with Crippen molar-refractivity contribution in [1.29, 1.82) is 0 Å². The Balaban J connectivity index is 1.86. The SMILES string of the molecule is CSc1cccc(NC(=O)c2ccc3c(c2)nnn3C(C)C)c1. The summed E-state index contributed by atoms with van der Waals surface area (Å²) in [6.45, 7) is 4.10. The Morgan fingerprint density at radius 3 is 2.78 bits per heavy atom. The van der Waals surface area contributed by atoms with Crippen molar-refractivity contribution in [1.82, 2.24) is 15.0 Å². The van der Waals surface area contributed by atoms with E-state index in [4.69, 9.17) is 0 Å². The van der Waals surface area contributed by atoms with Gasteiger partial charge in [0.2, 0.25) is 0 Å². The van der Waals surface area contributed by atoms with Crippen LogP contribution in [0.25, 0.3) is 11.0 Å². The lowest BCUT2D eigenvalue weighted by Crippen LogP contribution is -2.11. The van der Waals surface area contributed by atoms with Crippen LogP contribution < -0.4 is 5.32 Å². The number of thioether (sulfide) groups is 1. The number of fused-ring (bicyclic) bond motifs is 1. The number of nitrogens with zero attached hydrogens (tertiary/aromatic N) is 3. The van der Waals surface area contributed by atoms with Gasteiger partial charge in [-0.15, -0.1) is 16.9 Å². The molecule has 0 fully saturated rings. The van der Waals surface area contributed by atoms with E-state index in [0.717, 1.165) is 21.6 Å². The van der Waals surface area contributed by atoms with E-state index >= 15 is 0 Å². The molecule has 0 spiro atoms. The van der Waals surface area contributed by atoms with Crippen molar-refractivity contribution >= 4 is 34.4 Å². The maximum Gasteiger partial charge on any atom is 0.255 e. The second-order valence-corrected chi connectivity index (χ2v) is 6.40. The number of carbonyl (C=O) groups is 1. The lowest BCUT2D eigenvalue weighted by molar-refractivity contribution is 0.102. The molecule has 118 valence electrons. The van der Waals surface area contributed by atoms with Gasteiger partial charge in [-0.1, -0.05) is 11.3 Å². The summed E-state index contributed by atoms with van der Waals surface area (Å²) in [5.41, 5.74) is 3.01. The van der Waals surface area contributed by atoms with Crippen molar-refractivity contribution in [3.63, 3.8) is 0 Å². The van der Waals surface area contributed by atoms with Crippen molar-refractivity contribution in [3.8, 4) is 0 Å². The third-order valence-corrected chi connectivity index (χ3v) is 4.28. The summed E-state index contributed by atoms with van der Waals surface area (Å²) in [6.07, 6.45) is 2.01. The fourth-order valence-corrected chi connectivity index (χ4v) is 2.83. The Hall–Kier alpha value is -2.34. The van der Waals surface area contributed by atoms with Crippen LogP contribution in [0, 0.1) is 0 Å². The molecule has 5 nitrogen and oxygen atoms in total. The second kappa shape index (κ2) is 6.42. The first-order valence-corrected chi connectivity index (χ1v) is 8.61. The maximum atomic E-state index is 12.4. The molecule has 0 radical (unpaired) electrons. The maximum absolute atomic E-state index is 12.4. The van der Waals surface area contributed by atoms with Crippen molar-refractivity contribution < 1.29 is 4.79 Å². The van der Waals surface area contributed by atoms with Gasteiger partial charge in [0.05, 0.1) is 5.52 Å². The number of nitrogens with one attached hydrogen (secondary N) is 1. The predicted molar refractivity (Wildman–Crippen MR) is 94.1 cm³/mol. The number of amides is 1. The van der Waals surface area contributed by atoms with E-state index in [0.29, 0.717) is 5.56 Å². The van der Waals surface area contributed by atoms with E-state index in [1.54, 1.807) is 23.9 Å². The first-order valence-electron chi connectivity index (χ1n) is 7.39. The normalized spacial score (nSPS) is 11.1. The highest BCUT2D eigenvalue weighted by molar-refractivity contribution is 7.98. The molecule has 1 amide bonds. The van der Waals surface area contributed by atoms with Gasteiger partial charge < -0.3 is 5.32 Å². The summed E-state index contributed by atoms with van der Waals surface area (Å²) in [5.74, 6) is -0.149. The molecule has 3 aromatic rings. The first kappa shape index (κ1) is 15.6. The van der Waals surface area contributed by atoms with Crippen LogP contribution in [0.5, 0.6) is 0 Å². The molecule has 23 heavy (non-hydrogen) atoms. The molecule has 0 bridgehead atoms. The molecular formula is C17H18N4OS. The fourth-order valence-electron chi connectivity index (χ4n) is 2.37. The molecule has 0 aliphatic rings. The van der Waals surface area contributed by atoms with Crippen LogP contribution in [-0.4, -0.2) is 27.2 Å². The Morgan fingerprint density at radius 1 is 1.22 bits per heavy atom. The van der Waals surface area contributed by atoms with E-state index in [-0.39, 0.29) is 11.9 Å². The lowest BCUT2D eigenvalue weighted by Gasteiger charge is -2.07. The molecule has 0 saturated heterocycles. The molecule has 0 aliphatic carbocycles. The minimum atomic E-state index is -0.149. The van der Waals surface area contributed by atoms with Crippen molar-refractivity contribution in [2.45, 2.75) is 24.8 Å². The Kier molecular flexibility index (Phi) is 4.34. The number of hydrogen-bond donors (Lipinski definition) is 1. The van der Waals surface area contributed by atoms with Crippen molar-refractivity contribution in [2.24, 2.45) is 0 Å². The molecule has 0 saturated carbocycles. The molecular weight excluding hydrogens is 308 g/mol. The smallest absolute Gasteiger partial charge is 0.255 e. The summed E-state index contributed by atoms with van der Waals surface area (Å²) in [6, 6.07) is 13.5. The van der Waals surface area contributed by atoms with Gasteiger partial charge in [-0.2, -0.15) is 0 Å². The Labute approximate surface area is 139 Å². The third-order valence-electron chi connectivity index (χ3n) is 3.55. The van der Waals surface area contributed by atoms with Gasteiger partial charge in [0.15, 0.2) is 0 Å². The third kappa shape index (κ3) is 3.22. The standard InChI is InChI=1S/C17H18N4OS/c1-11(2)21-16-8-7-12(9-15(16)19-20-21)17(22)18-13-5-4-6-14(10-13)23-3/h4-11H,1-3H3,(H,18,22). The van der Waals surface area contributed by atoms with Gasteiger partial charge in [-0.05, 0) is 56.5 Å². The van der Waals surface area contributed by atoms with Gasteiger partial charge >= 0.3 is 0 Å². The summed E-state index contributed by atoms with van der Waals surface area (Å²) < 4.78 is 1.85. The largest absolute Gasteiger partial charge is 0.322 e. The van der Waals surface area contributed by atoms with Crippen LogP contribution in [0.2, 0.25) is 0 Å². The van der Waals surface area contributed by atoms with E-state index in [9.17, 15) is 4.79 Å². The minimum Gasteiger partial charge on any atom is -0.322 e. The molecule has 0 atom stereocenters. The minimum absolute atomic E-state index is 0.149. The van der Waals surface area contributed by atoms with E-state index < -0.39 is 0 Å². The van der Waals surface area contributed by atoms with Crippen LogP contribution in [0.3, 0.4) is 0 Å². The highest BCUT2D eigenvalue weighted by Crippen LogP contribution is 2.21. The topological polar surface area (TPSA) is 59.8 Å². The summed E-state index contributed by atoms with van der Waals surface area (Å²) in [4.78, 5) is 13.5. The van der Waals surface area contributed by atoms with Crippen molar-refractivity contribution in [2.75, 3.05) is 11.6 Å². The fraction of sp³-hybridized carbons (Fsp3) is 0.235. The van der Waals surface area contributed by atoms with Gasteiger partial charge in [0, 0.05) is 22.2 Å². The van der Waals surface area contributed by atoms with Crippen LogP contribution >= 0.6 is 11.8 Å². The van der Waals surface area contributed by atoms with E-state index in [1.165, 1.54) is 0 Å². The molecule has 0 aliphatic heterocycles. The molecule has 0 unspecified atom stereocenters. The molecule has 3 rings (SSSR count). The quantitative estimate of drug-likeness (QED) is 0.737. The summed E-state index contributed by atoms with van der Waals surface area (Å²) in [5, 5.41) is 11.2. The molecule has 1 N–H and O–H groups in total. The second-order valence-electron chi connectivity index (χ2n) is 5.52. The Bertz CT molecular complexity index is 857. The van der Waals surface area contributed by atoms with Crippen LogP contribution in [-0.2, 0) is 0 Å². The molecule has 1 heterocycles. The van der Waals surface area contributed by atoms with Crippen molar-refractivity contribution in [3.05, 3.63) is 48.0 Å². The average molecular weight is 326 g/mol. The summed E-state index contributed by atoms with van der Waals surface area (Å²) in [7, 11) is 0. The lowest BCUT2D eigenvalue weighted by atomic mass is 10.1. The molecule has 2 aromatic carbocycles. The number of carbonyl (C=O) groups excluding carboxylic acids is 1. The van der Waals surface area contributed by atoms with E-state index in [1.807, 2.05) is 55.1 Å². The van der Waals surface area contributed by atoms with Crippen LogP contribution in [0.1, 0.15) is 30.2 Å². The Morgan fingerprint density at radius 2 is 2.04 bits per heavy atom. The monoisotopic (exact) mass is 326 g/mol. The number of aromatic nitrogens is 3. The zero-order chi connectivity index (χ0) is 16.4. The summed E-state index contributed by atoms with van der Waals surface area (Å²) >= 11 is 1.64. The average Bonchev–Trinajstić information content (AvgIpc) is 2.98. The van der Waals surface area contributed by atoms with Crippen LogP contribution in [0.4, 0.5) is 5.69 Å². The zero-order valence-corrected chi connectivity index (χ0v) is 14.1. The number of benzene rings is 2. The predicted octanol–water partition coefficient (Wildman–Crippen LogP) is 3.99. The van der Waals surface area contributed by atoms with Gasteiger partial charge in [0.25, 0.3) is 5.91 Å². The van der Waals surface area contributed by atoms with Gasteiger partial charge in [0.1, 0.15) is 5.52 Å². The molecule has 1 aromatic heterocycles. The zero-order valence-electron chi connectivity index (χ0n) is 13.3. The molecule has 6 heteroatoms.